The summed E-state index contributed by atoms with van der Waals surface area (Å²) in [5, 5.41) is 8.19. The molecule has 0 spiro atoms. The van der Waals surface area contributed by atoms with Gasteiger partial charge in [-0.25, -0.2) is 13.6 Å². The first kappa shape index (κ1) is 15.1. The van der Waals surface area contributed by atoms with Gasteiger partial charge in [0.2, 0.25) is 10.0 Å². The number of hydrogen-bond acceptors (Lipinski definition) is 5. The quantitative estimate of drug-likeness (QED) is 0.749. The van der Waals surface area contributed by atoms with Gasteiger partial charge in [-0.1, -0.05) is 0 Å². The van der Waals surface area contributed by atoms with E-state index < -0.39 is 10.0 Å². The molecule has 0 aliphatic carbocycles. The highest BCUT2D eigenvalue weighted by Crippen LogP contribution is 2.28. The van der Waals surface area contributed by atoms with Crippen LogP contribution >= 0.6 is 0 Å². The fraction of sp³-hybridized carbons (Fsp3) is 0.143. The van der Waals surface area contributed by atoms with Gasteiger partial charge in [0.15, 0.2) is 0 Å². The standard InChI is InChI=1S/C14H17N3O3S/c1-9-7-10(3-6-14(9)20-2)17-13-5-4-11(8-12(13)15)21(16,18)19/h3-8,17H,15H2,1-2H3,(H2,16,18,19). The molecule has 0 saturated heterocycles. The Labute approximate surface area is 123 Å². The highest BCUT2D eigenvalue weighted by atomic mass is 32.2. The lowest BCUT2D eigenvalue weighted by atomic mass is 10.2. The maximum Gasteiger partial charge on any atom is 0.238 e. The number of hydrogen-bond donors (Lipinski definition) is 3. The fourth-order valence-electron chi connectivity index (χ4n) is 1.94. The van der Waals surface area contributed by atoms with Crippen LogP contribution in [-0.4, -0.2) is 15.5 Å². The summed E-state index contributed by atoms with van der Waals surface area (Å²) in [6.45, 7) is 1.93. The predicted molar refractivity (Wildman–Crippen MR) is 83.2 cm³/mol. The first-order chi connectivity index (χ1) is 9.81. The summed E-state index contributed by atoms with van der Waals surface area (Å²) in [4.78, 5) is -0.0172. The molecule has 2 aromatic rings. The Balaban J connectivity index is 2.30. The van der Waals surface area contributed by atoms with Gasteiger partial charge in [-0.2, -0.15) is 0 Å². The summed E-state index contributed by atoms with van der Waals surface area (Å²) < 4.78 is 27.7. The molecule has 0 aromatic heterocycles. The summed E-state index contributed by atoms with van der Waals surface area (Å²) in [5.74, 6) is 0.790. The first-order valence-electron chi connectivity index (χ1n) is 6.15. The lowest BCUT2D eigenvalue weighted by Crippen LogP contribution is -2.12. The molecule has 2 aromatic carbocycles. The van der Waals surface area contributed by atoms with Crippen LogP contribution in [0.25, 0.3) is 0 Å². The molecular formula is C14H17N3O3S. The third-order valence-electron chi connectivity index (χ3n) is 3.03. The normalized spacial score (nSPS) is 11.2. The van der Waals surface area contributed by atoms with Crippen LogP contribution in [0.3, 0.4) is 0 Å². The molecule has 6 nitrogen and oxygen atoms in total. The van der Waals surface area contributed by atoms with Gasteiger partial charge >= 0.3 is 0 Å². The Morgan fingerprint density at radius 2 is 1.86 bits per heavy atom. The number of rotatable bonds is 4. The number of nitrogens with two attached hydrogens (primary N) is 2. The predicted octanol–water partition coefficient (Wildman–Crippen LogP) is 1.98. The van der Waals surface area contributed by atoms with Gasteiger partial charge in [0.05, 0.1) is 23.4 Å². The molecule has 0 saturated carbocycles. The van der Waals surface area contributed by atoms with Crippen LogP contribution in [0.5, 0.6) is 5.75 Å². The Kier molecular flexibility index (Phi) is 4.06. The number of benzene rings is 2. The zero-order chi connectivity index (χ0) is 15.6. The van der Waals surface area contributed by atoms with E-state index in [9.17, 15) is 8.42 Å². The molecule has 0 atom stereocenters. The number of nitrogens with one attached hydrogen (secondary N) is 1. The van der Waals surface area contributed by atoms with E-state index in [2.05, 4.69) is 5.32 Å². The fourth-order valence-corrected chi connectivity index (χ4v) is 2.49. The molecule has 0 aliphatic rings. The van der Waals surface area contributed by atoms with Gasteiger partial charge in [-0.05, 0) is 48.9 Å². The van der Waals surface area contributed by atoms with Crippen molar-refractivity contribution in [3.05, 3.63) is 42.0 Å². The van der Waals surface area contributed by atoms with Gasteiger partial charge in [-0.3, -0.25) is 0 Å². The van der Waals surface area contributed by atoms with Crippen LogP contribution in [0, 0.1) is 6.92 Å². The second-order valence-electron chi connectivity index (χ2n) is 4.60. The highest BCUT2D eigenvalue weighted by molar-refractivity contribution is 7.89. The molecule has 0 unspecified atom stereocenters. The van der Waals surface area contributed by atoms with E-state index in [1.54, 1.807) is 13.2 Å². The van der Waals surface area contributed by atoms with E-state index in [0.29, 0.717) is 11.4 Å². The van der Waals surface area contributed by atoms with Crippen LogP contribution in [0.2, 0.25) is 0 Å². The SMILES string of the molecule is COc1ccc(Nc2ccc(S(N)(=O)=O)cc2N)cc1C. The third-order valence-corrected chi connectivity index (χ3v) is 3.94. The van der Waals surface area contributed by atoms with E-state index in [1.807, 2.05) is 25.1 Å². The lowest BCUT2D eigenvalue weighted by Gasteiger charge is -2.12. The molecule has 0 aliphatic heterocycles. The minimum Gasteiger partial charge on any atom is -0.496 e. The smallest absolute Gasteiger partial charge is 0.238 e. The van der Waals surface area contributed by atoms with Crippen LogP contribution < -0.4 is 20.9 Å². The maximum absolute atomic E-state index is 11.3. The van der Waals surface area contributed by atoms with Crippen molar-refractivity contribution in [1.29, 1.82) is 0 Å². The van der Waals surface area contributed by atoms with Crippen LogP contribution in [0.15, 0.2) is 41.3 Å². The topological polar surface area (TPSA) is 107 Å². The third kappa shape index (κ3) is 3.45. The highest BCUT2D eigenvalue weighted by Gasteiger charge is 2.10. The Hall–Kier alpha value is -2.25. The molecule has 0 bridgehead atoms. The Morgan fingerprint density at radius 3 is 2.38 bits per heavy atom. The first-order valence-corrected chi connectivity index (χ1v) is 7.70. The summed E-state index contributed by atoms with van der Waals surface area (Å²) >= 11 is 0. The second-order valence-corrected chi connectivity index (χ2v) is 6.16. The van der Waals surface area contributed by atoms with E-state index in [4.69, 9.17) is 15.6 Å². The molecule has 0 fully saturated rings. The lowest BCUT2D eigenvalue weighted by molar-refractivity contribution is 0.412. The monoisotopic (exact) mass is 307 g/mol. The van der Waals surface area contributed by atoms with Gasteiger partial charge in [-0.15, -0.1) is 0 Å². The Morgan fingerprint density at radius 1 is 1.14 bits per heavy atom. The van der Waals surface area contributed by atoms with E-state index >= 15 is 0 Å². The van der Waals surface area contributed by atoms with Crippen molar-refractivity contribution >= 4 is 27.1 Å². The van der Waals surface area contributed by atoms with Crippen molar-refractivity contribution in [3.63, 3.8) is 0 Å². The summed E-state index contributed by atoms with van der Waals surface area (Å²) in [6.07, 6.45) is 0. The number of aryl methyl sites for hydroxylation is 1. The van der Waals surface area contributed by atoms with Crippen LogP contribution in [0.4, 0.5) is 17.1 Å². The second kappa shape index (κ2) is 5.63. The number of sulfonamides is 1. The van der Waals surface area contributed by atoms with Crippen molar-refractivity contribution < 1.29 is 13.2 Å². The molecule has 0 amide bonds. The zero-order valence-corrected chi connectivity index (χ0v) is 12.6. The minimum atomic E-state index is -3.75. The largest absolute Gasteiger partial charge is 0.496 e. The molecule has 7 heteroatoms. The van der Waals surface area contributed by atoms with Crippen LogP contribution in [0.1, 0.15) is 5.56 Å². The van der Waals surface area contributed by atoms with Gasteiger partial charge in [0, 0.05) is 5.69 Å². The van der Waals surface area contributed by atoms with Crippen molar-refractivity contribution in [3.8, 4) is 5.75 Å². The number of primary sulfonamides is 1. The molecule has 0 radical (unpaired) electrons. The number of ether oxygens (including phenoxy) is 1. The van der Waals surface area contributed by atoms with E-state index in [0.717, 1.165) is 17.0 Å². The molecule has 2 rings (SSSR count). The van der Waals surface area contributed by atoms with Gasteiger partial charge < -0.3 is 15.8 Å². The van der Waals surface area contributed by atoms with Crippen molar-refractivity contribution in [1.82, 2.24) is 0 Å². The summed E-state index contributed by atoms with van der Waals surface area (Å²) in [7, 11) is -2.14. The molecule has 112 valence electrons. The van der Waals surface area contributed by atoms with Crippen molar-refractivity contribution in [2.45, 2.75) is 11.8 Å². The molecule has 21 heavy (non-hydrogen) atoms. The summed E-state index contributed by atoms with van der Waals surface area (Å²) in [6, 6.07) is 9.91. The summed E-state index contributed by atoms with van der Waals surface area (Å²) in [5.41, 5.74) is 8.55. The van der Waals surface area contributed by atoms with Crippen molar-refractivity contribution in [2.75, 3.05) is 18.2 Å². The minimum absolute atomic E-state index is 0.0172. The number of anilines is 3. The number of methoxy groups -OCH3 is 1. The van der Waals surface area contributed by atoms with Gasteiger partial charge in [0.25, 0.3) is 0 Å². The molecule has 5 N–H and O–H groups in total. The van der Waals surface area contributed by atoms with Crippen molar-refractivity contribution in [2.24, 2.45) is 5.14 Å². The molecule has 0 heterocycles. The van der Waals surface area contributed by atoms with Crippen LogP contribution in [-0.2, 0) is 10.0 Å². The zero-order valence-electron chi connectivity index (χ0n) is 11.8. The van der Waals surface area contributed by atoms with E-state index in [-0.39, 0.29) is 4.90 Å². The van der Waals surface area contributed by atoms with Gasteiger partial charge in [0.1, 0.15) is 5.75 Å². The Bertz CT molecular complexity index is 773. The average Bonchev–Trinajstić information content (AvgIpc) is 2.40. The molecular weight excluding hydrogens is 290 g/mol. The maximum atomic E-state index is 11.3. The van der Waals surface area contributed by atoms with E-state index in [1.165, 1.54) is 12.1 Å². The number of nitrogen functional groups attached to an aromatic ring is 1. The average molecular weight is 307 g/mol.